The quantitative estimate of drug-likeness (QED) is 0.633. The fraction of sp³-hybridized carbons (Fsp3) is 0.714. The molecule has 0 unspecified atom stereocenters. The number of hydrogen-bond donors (Lipinski definition) is 2. The van der Waals surface area contributed by atoms with Gasteiger partial charge in [0.15, 0.2) is 0 Å². The molecule has 2 heterocycles. The van der Waals surface area contributed by atoms with E-state index in [0.717, 1.165) is 24.7 Å². The van der Waals surface area contributed by atoms with Crippen molar-refractivity contribution in [3.8, 4) is 0 Å². The second kappa shape index (κ2) is 4.63. The minimum Gasteiger partial charge on any atom is -0.356 e. The Morgan fingerprint density at radius 1 is 1.32 bits per heavy atom. The number of nitrogens with zero attached hydrogens (tertiary/aromatic N) is 3. The van der Waals surface area contributed by atoms with Gasteiger partial charge in [0.2, 0.25) is 0 Å². The van der Waals surface area contributed by atoms with Crippen molar-refractivity contribution < 1.29 is 0 Å². The Hall–Kier alpha value is -1.36. The van der Waals surface area contributed by atoms with Gasteiger partial charge in [0.25, 0.3) is 0 Å². The van der Waals surface area contributed by atoms with Gasteiger partial charge in [-0.25, -0.2) is 15.8 Å². The Morgan fingerprint density at radius 3 is 2.47 bits per heavy atom. The first-order chi connectivity index (χ1) is 8.71. The van der Waals surface area contributed by atoms with Crippen molar-refractivity contribution >= 4 is 11.6 Å². The summed E-state index contributed by atoms with van der Waals surface area (Å²) in [5, 5.41) is 0. The van der Waals surface area contributed by atoms with Gasteiger partial charge in [0.05, 0.1) is 0 Å². The van der Waals surface area contributed by atoms with Crippen molar-refractivity contribution in [3.05, 3.63) is 11.9 Å². The molecule has 0 aromatic carbocycles. The Kier molecular flexibility index (Phi) is 3.43. The van der Waals surface area contributed by atoms with Gasteiger partial charge < -0.3 is 10.3 Å². The highest BCUT2D eigenvalue weighted by Gasteiger charge is 2.31. The zero-order valence-corrected chi connectivity index (χ0v) is 12.6. The largest absolute Gasteiger partial charge is 0.356 e. The van der Waals surface area contributed by atoms with Crippen molar-refractivity contribution in [3.63, 3.8) is 0 Å². The third-order valence-corrected chi connectivity index (χ3v) is 3.53. The predicted molar refractivity (Wildman–Crippen MR) is 79.2 cm³/mol. The molecule has 0 atom stereocenters. The van der Waals surface area contributed by atoms with Crippen LogP contribution in [0.5, 0.6) is 0 Å². The van der Waals surface area contributed by atoms with Gasteiger partial charge in [-0.3, -0.25) is 0 Å². The summed E-state index contributed by atoms with van der Waals surface area (Å²) in [5.41, 5.74) is 2.91. The van der Waals surface area contributed by atoms with E-state index < -0.39 is 0 Å². The molecular formula is C14H25N5. The number of nitrogens with two attached hydrogens (primary N) is 1. The Labute approximate surface area is 115 Å². The molecule has 2 rings (SSSR count). The van der Waals surface area contributed by atoms with Crippen LogP contribution in [0.4, 0.5) is 11.6 Å². The molecule has 19 heavy (non-hydrogen) atoms. The molecule has 1 aliphatic rings. The van der Waals surface area contributed by atoms with E-state index in [1.807, 2.05) is 6.07 Å². The van der Waals surface area contributed by atoms with Crippen molar-refractivity contribution in [2.75, 3.05) is 23.4 Å². The summed E-state index contributed by atoms with van der Waals surface area (Å²) in [6.45, 7) is 13.0. The van der Waals surface area contributed by atoms with Crippen LogP contribution in [0.3, 0.4) is 0 Å². The molecule has 1 saturated heterocycles. The second-order valence-electron chi connectivity index (χ2n) is 7.17. The van der Waals surface area contributed by atoms with Crippen LogP contribution in [0.25, 0.3) is 0 Å². The summed E-state index contributed by atoms with van der Waals surface area (Å²) in [5.74, 6) is 8.00. The molecule has 5 nitrogen and oxygen atoms in total. The molecule has 0 radical (unpaired) electrons. The summed E-state index contributed by atoms with van der Waals surface area (Å²) in [6.07, 6.45) is 1.19. The van der Waals surface area contributed by atoms with Crippen LogP contribution >= 0.6 is 0 Å². The minimum atomic E-state index is -0.0865. The summed E-state index contributed by atoms with van der Waals surface area (Å²) in [7, 11) is 0. The zero-order valence-electron chi connectivity index (χ0n) is 12.6. The van der Waals surface area contributed by atoms with Gasteiger partial charge in [-0.1, -0.05) is 34.6 Å². The Morgan fingerprint density at radius 2 is 2.00 bits per heavy atom. The molecule has 1 aromatic rings. The number of nitrogen functional groups attached to an aromatic ring is 1. The first kappa shape index (κ1) is 14.1. The molecule has 0 saturated carbocycles. The summed E-state index contributed by atoms with van der Waals surface area (Å²) in [6, 6.07) is 1.93. The first-order valence-electron chi connectivity index (χ1n) is 6.82. The Bertz CT molecular complexity index is 461. The lowest BCUT2D eigenvalue weighted by Gasteiger charge is -2.24. The van der Waals surface area contributed by atoms with E-state index >= 15 is 0 Å². The predicted octanol–water partition coefficient (Wildman–Crippen LogP) is 2.30. The number of hydrogen-bond acceptors (Lipinski definition) is 5. The molecular weight excluding hydrogens is 238 g/mol. The van der Waals surface area contributed by atoms with Crippen LogP contribution in [0.2, 0.25) is 0 Å². The average molecular weight is 263 g/mol. The maximum absolute atomic E-state index is 5.52. The van der Waals surface area contributed by atoms with Crippen LogP contribution in [0.15, 0.2) is 6.07 Å². The highest BCUT2D eigenvalue weighted by Crippen LogP contribution is 2.33. The van der Waals surface area contributed by atoms with Crippen molar-refractivity contribution in [2.45, 2.75) is 46.5 Å². The number of aromatic nitrogens is 2. The number of hydrazine groups is 1. The maximum Gasteiger partial charge on any atom is 0.145 e. The molecule has 1 aliphatic heterocycles. The molecule has 1 fully saturated rings. The molecule has 0 aliphatic carbocycles. The fourth-order valence-electron chi connectivity index (χ4n) is 2.31. The van der Waals surface area contributed by atoms with E-state index in [9.17, 15) is 0 Å². The highest BCUT2D eigenvalue weighted by atomic mass is 15.3. The van der Waals surface area contributed by atoms with Crippen molar-refractivity contribution in [1.29, 1.82) is 0 Å². The summed E-state index contributed by atoms with van der Waals surface area (Å²) < 4.78 is 0. The number of rotatable bonds is 2. The molecule has 0 amide bonds. The fourth-order valence-corrected chi connectivity index (χ4v) is 2.31. The molecule has 106 valence electrons. The Balaban J connectivity index is 2.35. The van der Waals surface area contributed by atoms with Gasteiger partial charge in [-0.2, -0.15) is 0 Å². The van der Waals surface area contributed by atoms with Crippen molar-refractivity contribution in [2.24, 2.45) is 11.3 Å². The van der Waals surface area contributed by atoms with Gasteiger partial charge in [0, 0.05) is 24.6 Å². The monoisotopic (exact) mass is 263 g/mol. The maximum atomic E-state index is 5.52. The molecule has 3 N–H and O–H groups in total. The van der Waals surface area contributed by atoms with Crippen molar-refractivity contribution in [1.82, 2.24) is 9.97 Å². The van der Waals surface area contributed by atoms with E-state index in [0.29, 0.717) is 11.2 Å². The molecule has 0 spiro atoms. The molecule has 0 bridgehead atoms. The summed E-state index contributed by atoms with van der Waals surface area (Å²) in [4.78, 5) is 11.5. The lowest BCUT2D eigenvalue weighted by molar-refractivity contribution is 0.418. The number of nitrogens with one attached hydrogen (secondary N) is 1. The SMILES string of the molecule is CC1(C)CCN(c2cc(NN)nc(C(C)(C)C)n2)C1. The van der Waals surface area contributed by atoms with E-state index in [2.05, 4.69) is 49.9 Å². The van der Waals surface area contributed by atoms with Gasteiger partial charge in [0.1, 0.15) is 17.5 Å². The van der Waals surface area contributed by atoms with Crippen LogP contribution in [0.1, 0.15) is 46.9 Å². The van der Waals surface area contributed by atoms with Crippen LogP contribution in [0, 0.1) is 5.41 Å². The second-order valence-corrected chi connectivity index (χ2v) is 7.17. The smallest absolute Gasteiger partial charge is 0.145 e. The number of anilines is 2. The van der Waals surface area contributed by atoms with Gasteiger partial charge in [-0.05, 0) is 11.8 Å². The van der Waals surface area contributed by atoms with Gasteiger partial charge >= 0.3 is 0 Å². The zero-order chi connectivity index (χ0) is 14.3. The lowest BCUT2D eigenvalue weighted by Crippen LogP contribution is -2.26. The van der Waals surface area contributed by atoms with Gasteiger partial charge in [-0.15, -0.1) is 0 Å². The average Bonchev–Trinajstić information content (AvgIpc) is 2.68. The van der Waals surface area contributed by atoms with E-state index in [1.54, 1.807) is 0 Å². The lowest BCUT2D eigenvalue weighted by atomic mass is 9.93. The summed E-state index contributed by atoms with van der Waals surface area (Å²) >= 11 is 0. The first-order valence-corrected chi connectivity index (χ1v) is 6.82. The molecule has 1 aromatic heterocycles. The van der Waals surface area contributed by atoms with E-state index in [1.165, 1.54) is 6.42 Å². The minimum absolute atomic E-state index is 0.0865. The third kappa shape index (κ3) is 3.15. The van der Waals surface area contributed by atoms with Crippen LogP contribution in [-0.2, 0) is 5.41 Å². The third-order valence-electron chi connectivity index (χ3n) is 3.53. The highest BCUT2D eigenvalue weighted by molar-refractivity contribution is 5.50. The van der Waals surface area contributed by atoms with Crippen LogP contribution < -0.4 is 16.2 Å². The van der Waals surface area contributed by atoms with E-state index in [-0.39, 0.29) is 5.41 Å². The van der Waals surface area contributed by atoms with E-state index in [4.69, 9.17) is 10.8 Å². The van der Waals surface area contributed by atoms with Crippen LogP contribution in [-0.4, -0.2) is 23.1 Å². The topological polar surface area (TPSA) is 67.1 Å². The standard InChI is InChI=1S/C14H25N5/c1-13(2,3)12-16-10(18-15)8-11(17-12)19-7-6-14(4,5)9-19/h8H,6-7,9,15H2,1-5H3,(H,16,17,18). The normalized spacial score (nSPS) is 18.7. The molecule has 5 heteroatoms.